The summed E-state index contributed by atoms with van der Waals surface area (Å²) in [5.41, 5.74) is 4.29. The Kier molecular flexibility index (Phi) is 3.89. The fraction of sp³-hybridized carbons (Fsp3) is 0.500. The van der Waals surface area contributed by atoms with Crippen LogP contribution < -0.4 is 15.8 Å². The lowest BCUT2D eigenvalue weighted by molar-refractivity contribution is -0.241. The molecule has 0 rings (SSSR count). The van der Waals surface area contributed by atoms with Crippen LogP contribution in [0.25, 0.3) is 0 Å². The number of urea groups is 2. The number of alkyl halides is 5. The lowest BCUT2D eigenvalue weighted by atomic mass is 10.7. The average Bonchev–Trinajstić information content (AvgIpc) is 1.97. The normalized spacial score (nSPS) is 13.0. The lowest BCUT2D eigenvalue weighted by Gasteiger charge is -2.19. The first-order valence-electron chi connectivity index (χ1n) is 3.38. The molecule has 7 nitrogen and oxygen atoms in total. The van der Waals surface area contributed by atoms with Gasteiger partial charge >= 0.3 is 33.5 Å². The second-order valence-corrected chi connectivity index (χ2v) is 4.16. The number of amides is 4. The number of hydrogen-bond acceptors (Lipinski definition) is 4. The van der Waals surface area contributed by atoms with E-state index in [4.69, 9.17) is 0 Å². The third kappa shape index (κ3) is 3.40. The van der Waals surface area contributed by atoms with E-state index in [-0.39, 0.29) is 4.72 Å². The molecule has 0 heterocycles. The maximum Gasteiger partial charge on any atom is 0.471 e. The number of halogens is 5. The third-order valence-electron chi connectivity index (χ3n) is 1.13. The number of rotatable bonds is 2. The molecular formula is C4H4F5N3O4S. The first-order chi connectivity index (χ1) is 7.31. The number of primary amides is 1. The smallest absolute Gasteiger partial charge is 0.351 e. The van der Waals surface area contributed by atoms with Crippen molar-refractivity contribution in [1.29, 1.82) is 0 Å². The maximum atomic E-state index is 12.3. The molecule has 0 fully saturated rings. The molecule has 0 bridgehead atoms. The summed E-state index contributed by atoms with van der Waals surface area (Å²) >= 11 is 0. The summed E-state index contributed by atoms with van der Waals surface area (Å²) in [7, 11) is -6.39. The second-order valence-electron chi connectivity index (χ2n) is 2.44. The van der Waals surface area contributed by atoms with Crippen molar-refractivity contribution in [2.75, 3.05) is 0 Å². The van der Waals surface area contributed by atoms with Crippen LogP contribution in [0.1, 0.15) is 0 Å². The Labute approximate surface area is 90.2 Å². The SMILES string of the molecule is NC(=O)NC(=O)NS(=O)(=O)C(F)(F)C(F)(F)F. The lowest BCUT2D eigenvalue weighted by Crippen LogP contribution is -2.54. The van der Waals surface area contributed by atoms with Crippen LogP contribution in [-0.4, -0.2) is 31.9 Å². The molecule has 13 heteroatoms. The average molecular weight is 285 g/mol. The fourth-order valence-corrected chi connectivity index (χ4v) is 1.20. The van der Waals surface area contributed by atoms with Gasteiger partial charge in [0.15, 0.2) is 0 Å². The molecule has 0 spiro atoms. The fourth-order valence-electron chi connectivity index (χ4n) is 0.476. The Morgan fingerprint density at radius 1 is 1.06 bits per heavy atom. The summed E-state index contributed by atoms with van der Waals surface area (Å²) in [6.45, 7) is 0. The van der Waals surface area contributed by atoms with Crippen molar-refractivity contribution in [3.63, 3.8) is 0 Å². The van der Waals surface area contributed by atoms with E-state index in [0.29, 0.717) is 0 Å². The van der Waals surface area contributed by atoms with Crippen molar-refractivity contribution in [2.24, 2.45) is 5.73 Å². The largest absolute Gasteiger partial charge is 0.471 e. The highest BCUT2D eigenvalue weighted by atomic mass is 32.2. The van der Waals surface area contributed by atoms with Crippen molar-refractivity contribution in [3.05, 3.63) is 0 Å². The van der Waals surface area contributed by atoms with Gasteiger partial charge in [-0.15, -0.1) is 0 Å². The van der Waals surface area contributed by atoms with Gasteiger partial charge in [0.25, 0.3) is 0 Å². The van der Waals surface area contributed by atoms with E-state index in [0.717, 1.165) is 5.32 Å². The van der Waals surface area contributed by atoms with Gasteiger partial charge < -0.3 is 5.73 Å². The zero-order valence-electron chi connectivity index (χ0n) is 7.51. The van der Waals surface area contributed by atoms with Crippen LogP contribution in [0.2, 0.25) is 0 Å². The van der Waals surface area contributed by atoms with Crippen molar-refractivity contribution < 1.29 is 40.0 Å². The molecule has 0 saturated carbocycles. The Morgan fingerprint density at radius 3 is 1.76 bits per heavy atom. The topological polar surface area (TPSA) is 118 Å². The quantitative estimate of drug-likeness (QED) is 0.611. The van der Waals surface area contributed by atoms with E-state index in [2.05, 4.69) is 5.73 Å². The number of nitrogens with one attached hydrogen (secondary N) is 2. The molecule has 0 saturated heterocycles. The molecule has 0 aliphatic carbocycles. The number of nitrogens with two attached hydrogens (primary N) is 1. The number of sulfonamides is 1. The minimum atomic E-state index is -6.42. The van der Waals surface area contributed by atoms with E-state index in [9.17, 15) is 40.0 Å². The molecule has 0 aliphatic heterocycles. The predicted molar refractivity (Wildman–Crippen MR) is 41.2 cm³/mol. The van der Waals surface area contributed by atoms with Gasteiger partial charge in [-0.3, -0.25) is 5.32 Å². The van der Waals surface area contributed by atoms with E-state index >= 15 is 0 Å². The maximum absolute atomic E-state index is 12.3. The number of imide groups is 1. The molecule has 0 aromatic rings. The van der Waals surface area contributed by atoms with Gasteiger partial charge in [-0.25, -0.2) is 14.3 Å². The first kappa shape index (κ1) is 15.3. The third-order valence-corrected chi connectivity index (χ3v) is 2.49. The molecule has 0 atom stereocenters. The second kappa shape index (κ2) is 4.31. The standard InChI is InChI=1S/C4H4F5N3O4S/c5-3(6,7)4(8,9)17(15,16)12-2(14)11-1(10)13/h(H4,10,11,12,13,14). The van der Waals surface area contributed by atoms with Gasteiger partial charge in [0, 0.05) is 0 Å². The van der Waals surface area contributed by atoms with Crippen LogP contribution in [0.4, 0.5) is 31.5 Å². The summed E-state index contributed by atoms with van der Waals surface area (Å²) in [5.74, 6) is 0. The Hall–Kier alpha value is -1.66. The molecule has 0 aromatic carbocycles. The monoisotopic (exact) mass is 285 g/mol. The molecule has 0 aromatic heterocycles. The summed E-state index contributed by atoms with van der Waals surface area (Å²) in [5, 5.41) is -5.27. The number of carbonyl (C=O) groups excluding carboxylic acids is 2. The predicted octanol–water partition coefficient (Wildman–Crippen LogP) is -0.151. The van der Waals surface area contributed by atoms with E-state index in [1.807, 2.05) is 0 Å². The van der Waals surface area contributed by atoms with Crippen LogP contribution in [0, 0.1) is 0 Å². The highest BCUT2D eigenvalue weighted by Crippen LogP contribution is 2.39. The molecule has 0 radical (unpaired) electrons. The van der Waals surface area contributed by atoms with Crippen molar-refractivity contribution in [2.45, 2.75) is 11.4 Å². The van der Waals surface area contributed by atoms with E-state index in [1.165, 1.54) is 0 Å². The highest BCUT2D eigenvalue weighted by Gasteiger charge is 2.68. The van der Waals surface area contributed by atoms with Gasteiger partial charge in [-0.1, -0.05) is 0 Å². The van der Waals surface area contributed by atoms with Crippen LogP contribution >= 0.6 is 0 Å². The summed E-state index contributed by atoms with van der Waals surface area (Å²) < 4.78 is 80.9. The minimum Gasteiger partial charge on any atom is -0.351 e. The van der Waals surface area contributed by atoms with Crippen molar-refractivity contribution >= 4 is 22.1 Å². The van der Waals surface area contributed by atoms with Crippen molar-refractivity contribution in [1.82, 2.24) is 10.0 Å². The molecule has 4 N–H and O–H groups in total. The molecule has 17 heavy (non-hydrogen) atoms. The zero-order valence-corrected chi connectivity index (χ0v) is 8.32. The summed E-state index contributed by atoms with van der Waals surface area (Å²) in [6.07, 6.45) is -6.42. The van der Waals surface area contributed by atoms with Crippen LogP contribution in [0.15, 0.2) is 0 Å². The van der Waals surface area contributed by atoms with Crippen LogP contribution in [0.5, 0.6) is 0 Å². The first-order valence-corrected chi connectivity index (χ1v) is 4.87. The molecular weight excluding hydrogens is 281 g/mol. The van der Waals surface area contributed by atoms with E-state index < -0.39 is 33.5 Å². The van der Waals surface area contributed by atoms with Gasteiger partial charge in [-0.05, 0) is 0 Å². The van der Waals surface area contributed by atoms with Crippen LogP contribution in [-0.2, 0) is 10.0 Å². The molecule has 0 aliphatic rings. The van der Waals surface area contributed by atoms with Gasteiger partial charge in [-0.2, -0.15) is 30.4 Å². The van der Waals surface area contributed by atoms with E-state index in [1.54, 1.807) is 0 Å². The zero-order chi connectivity index (χ0) is 14.1. The summed E-state index contributed by atoms with van der Waals surface area (Å²) in [6, 6.07) is -3.78. The number of hydrogen-bond donors (Lipinski definition) is 3. The van der Waals surface area contributed by atoms with Gasteiger partial charge in [0.1, 0.15) is 0 Å². The summed E-state index contributed by atoms with van der Waals surface area (Å²) in [4.78, 5) is 20.4. The highest BCUT2D eigenvalue weighted by molar-refractivity contribution is 7.91. The van der Waals surface area contributed by atoms with Crippen molar-refractivity contribution in [3.8, 4) is 0 Å². The van der Waals surface area contributed by atoms with Crippen LogP contribution in [0.3, 0.4) is 0 Å². The Bertz CT molecular complexity index is 429. The van der Waals surface area contributed by atoms with Gasteiger partial charge in [0.05, 0.1) is 0 Å². The Morgan fingerprint density at radius 2 is 1.47 bits per heavy atom. The minimum absolute atomic E-state index is 0.286. The molecule has 0 unspecified atom stereocenters. The Balaban J connectivity index is 5.06. The van der Waals surface area contributed by atoms with Gasteiger partial charge in [0.2, 0.25) is 0 Å². The number of carbonyl (C=O) groups is 2. The molecule has 100 valence electrons. The molecule has 4 amide bonds.